The van der Waals surface area contributed by atoms with Crippen LogP contribution < -0.4 is 5.32 Å². The molecule has 6 heteroatoms. The van der Waals surface area contributed by atoms with Crippen LogP contribution in [0.3, 0.4) is 0 Å². The average molecular weight is 462 g/mol. The zero-order valence-electron chi connectivity index (χ0n) is 18.8. The Morgan fingerprint density at radius 2 is 1.26 bits per heavy atom. The number of rotatable bonds is 5. The van der Waals surface area contributed by atoms with Crippen molar-refractivity contribution in [3.8, 4) is 0 Å². The fourth-order valence-corrected chi connectivity index (χ4v) is 4.02. The van der Waals surface area contributed by atoms with E-state index in [1.807, 2.05) is 84.9 Å². The number of para-hydroxylation sites is 2. The number of ether oxygens (including phenoxy) is 1. The molecule has 0 bridgehead atoms. The van der Waals surface area contributed by atoms with Crippen LogP contribution in [0.25, 0.3) is 0 Å². The Bertz CT molecular complexity index is 1330. The number of hydrogen-bond acceptors (Lipinski definition) is 4. The molecule has 4 aromatic rings. The van der Waals surface area contributed by atoms with Gasteiger partial charge in [0.1, 0.15) is 6.04 Å². The topological polar surface area (TPSA) is 71.0 Å². The van der Waals surface area contributed by atoms with Gasteiger partial charge in [-0.3, -0.25) is 4.79 Å². The Kier molecular flexibility index (Phi) is 6.35. The lowest BCUT2D eigenvalue weighted by Gasteiger charge is -2.23. The molecule has 0 radical (unpaired) electrons. The SMILES string of the molecule is O=C(c1ccccc1)[C@@H]1[C@@H](c2ccccc2)OC(=Nc2ccccc2)N1C(=O)Nc1ccccc1. The first-order valence-corrected chi connectivity index (χ1v) is 11.3. The number of nitrogens with zero attached hydrogens (tertiary/aromatic N) is 2. The van der Waals surface area contributed by atoms with Crippen molar-refractivity contribution < 1.29 is 14.3 Å². The number of nitrogens with one attached hydrogen (secondary N) is 1. The molecule has 4 aromatic carbocycles. The van der Waals surface area contributed by atoms with Crippen LogP contribution in [0.1, 0.15) is 22.0 Å². The first-order chi connectivity index (χ1) is 17.2. The van der Waals surface area contributed by atoms with Gasteiger partial charge in [0.2, 0.25) is 0 Å². The number of carbonyl (C=O) groups excluding carboxylic acids is 2. The van der Waals surface area contributed by atoms with Crippen molar-refractivity contribution in [3.05, 3.63) is 132 Å². The summed E-state index contributed by atoms with van der Waals surface area (Å²) < 4.78 is 6.27. The third-order valence-electron chi connectivity index (χ3n) is 5.68. The van der Waals surface area contributed by atoms with E-state index in [4.69, 9.17) is 4.74 Å². The summed E-state index contributed by atoms with van der Waals surface area (Å²) in [4.78, 5) is 33.4. The van der Waals surface area contributed by atoms with Crippen LogP contribution in [-0.2, 0) is 4.74 Å². The minimum Gasteiger partial charge on any atom is -0.454 e. The van der Waals surface area contributed by atoms with Gasteiger partial charge in [-0.1, -0.05) is 97.1 Å². The molecular weight excluding hydrogens is 438 g/mol. The summed E-state index contributed by atoms with van der Waals surface area (Å²) >= 11 is 0. The van der Waals surface area contributed by atoms with Crippen molar-refractivity contribution >= 4 is 29.2 Å². The predicted octanol–water partition coefficient (Wildman–Crippen LogP) is 6.23. The Morgan fingerprint density at radius 3 is 1.89 bits per heavy atom. The molecule has 2 atom stereocenters. The molecule has 0 saturated carbocycles. The quantitative estimate of drug-likeness (QED) is 0.358. The normalized spacial score (nSPS) is 18.2. The van der Waals surface area contributed by atoms with Gasteiger partial charge < -0.3 is 10.1 Å². The maximum atomic E-state index is 13.8. The Labute approximate surface area is 203 Å². The minimum atomic E-state index is -0.953. The smallest absolute Gasteiger partial charge is 0.330 e. The van der Waals surface area contributed by atoms with Gasteiger partial charge in [0.15, 0.2) is 11.9 Å². The van der Waals surface area contributed by atoms with E-state index in [0.717, 1.165) is 5.56 Å². The number of hydrogen-bond donors (Lipinski definition) is 1. The first-order valence-electron chi connectivity index (χ1n) is 11.3. The Morgan fingerprint density at radius 1 is 0.714 bits per heavy atom. The number of aliphatic imine (C=N–C) groups is 1. The van der Waals surface area contributed by atoms with Crippen molar-refractivity contribution in [3.63, 3.8) is 0 Å². The van der Waals surface area contributed by atoms with Gasteiger partial charge in [-0.15, -0.1) is 0 Å². The summed E-state index contributed by atoms with van der Waals surface area (Å²) in [6.45, 7) is 0. The fourth-order valence-electron chi connectivity index (χ4n) is 4.02. The van der Waals surface area contributed by atoms with Gasteiger partial charge in [-0.05, 0) is 29.8 Å². The summed E-state index contributed by atoms with van der Waals surface area (Å²) in [6.07, 6.45) is -0.729. The van der Waals surface area contributed by atoms with Crippen molar-refractivity contribution in [2.45, 2.75) is 12.1 Å². The molecule has 2 amide bonds. The monoisotopic (exact) mass is 461 g/mol. The Balaban J connectivity index is 1.62. The highest BCUT2D eigenvalue weighted by Gasteiger charge is 2.49. The highest BCUT2D eigenvalue weighted by atomic mass is 16.5. The van der Waals surface area contributed by atoms with Gasteiger partial charge in [-0.25, -0.2) is 9.69 Å². The van der Waals surface area contributed by atoms with Crippen LogP contribution in [-0.4, -0.2) is 28.8 Å². The third-order valence-corrected chi connectivity index (χ3v) is 5.68. The van der Waals surface area contributed by atoms with E-state index in [-0.39, 0.29) is 11.8 Å². The standard InChI is InChI=1S/C29H23N3O3/c33-26(21-13-5-1-6-14-21)25-27(22-15-7-2-8-16-22)35-29(31-24-19-11-4-12-20-24)32(25)28(34)30-23-17-9-3-10-18-23/h1-20,25,27H,(H,30,34)/t25-,27-/m1/s1. The summed E-state index contributed by atoms with van der Waals surface area (Å²) in [6, 6.07) is 35.3. The maximum absolute atomic E-state index is 13.8. The number of amidine groups is 1. The molecule has 1 saturated heterocycles. The van der Waals surface area contributed by atoms with E-state index < -0.39 is 18.2 Å². The summed E-state index contributed by atoms with van der Waals surface area (Å²) in [7, 11) is 0. The molecular formula is C29H23N3O3. The van der Waals surface area contributed by atoms with Crippen LogP contribution in [0.5, 0.6) is 0 Å². The lowest BCUT2D eigenvalue weighted by molar-refractivity contribution is 0.0848. The van der Waals surface area contributed by atoms with Gasteiger partial charge in [0.25, 0.3) is 0 Å². The molecule has 1 aliphatic rings. The van der Waals surface area contributed by atoms with Crippen molar-refractivity contribution in [1.29, 1.82) is 0 Å². The maximum Gasteiger partial charge on any atom is 0.330 e. The van der Waals surface area contributed by atoms with Crippen LogP contribution in [0.2, 0.25) is 0 Å². The van der Waals surface area contributed by atoms with E-state index in [1.54, 1.807) is 36.4 Å². The molecule has 1 fully saturated rings. The second-order valence-corrected chi connectivity index (χ2v) is 8.02. The van der Waals surface area contributed by atoms with Crippen molar-refractivity contribution in [2.24, 2.45) is 4.99 Å². The van der Waals surface area contributed by atoms with Gasteiger partial charge in [-0.2, -0.15) is 4.99 Å². The minimum absolute atomic E-state index is 0.0627. The molecule has 1 aliphatic heterocycles. The number of benzene rings is 4. The largest absolute Gasteiger partial charge is 0.454 e. The number of amides is 2. The van der Waals surface area contributed by atoms with E-state index in [9.17, 15) is 9.59 Å². The number of urea groups is 1. The molecule has 0 aromatic heterocycles. The van der Waals surface area contributed by atoms with Gasteiger partial charge in [0.05, 0.1) is 5.69 Å². The van der Waals surface area contributed by atoms with E-state index in [1.165, 1.54) is 4.90 Å². The third kappa shape index (κ3) is 4.82. The number of carbonyl (C=O) groups is 2. The predicted molar refractivity (Wildman–Crippen MR) is 136 cm³/mol. The molecule has 5 rings (SSSR count). The Hall–Kier alpha value is -4.71. The average Bonchev–Trinajstić information content (AvgIpc) is 3.29. The molecule has 0 aliphatic carbocycles. The molecule has 0 spiro atoms. The van der Waals surface area contributed by atoms with E-state index >= 15 is 0 Å². The second-order valence-electron chi connectivity index (χ2n) is 8.02. The summed E-state index contributed by atoms with van der Waals surface area (Å²) in [5, 5.41) is 2.88. The van der Waals surface area contributed by atoms with Crippen LogP contribution in [0.4, 0.5) is 16.2 Å². The number of anilines is 1. The van der Waals surface area contributed by atoms with Gasteiger partial charge in [0, 0.05) is 11.3 Å². The van der Waals surface area contributed by atoms with Crippen LogP contribution in [0.15, 0.2) is 126 Å². The highest BCUT2D eigenvalue weighted by Crippen LogP contribution is 2.36. The molecule has 1 heterocycles. The van der Waals surface area contributed by atoms with Gasteiger partial charge >= 0.3 is 12.1 Å². The van der Waals surface area contributed by atoms with E-state index in [0.29, 0.717) is 16.9 Å². The molecule has 172 valence electrons. The van der Waals surface area contributed by atoms with Crippen LogP contribution >= 0.6 is 0 Å². The molecule has 0 unspecified atom stereocenters. The summed E-state index contributed by atoms with van der Waals surface area (Å²) in [5.74, 6) is -0.235. The lowest BCUT2D eigenvalue weighted by atomic mass is 9.94. The lowest BCUT2D eigenvalue weighted by Crippen LogP contribution is -2.46. The van der Waals surface area contributed by atoms with Crippen molar-refractivity contribution in [2.75, 3.05) is 5.32 Å². The molecule has 35 heavy (non-hydrogen) atoms. The fraction of sp³-hybridized carbons (Fsp3) is 0.0690. The number of ketones is 1. The first kappa shape index (κ1) is 22.1. The van der Waals surface area contributed by atoms with E-state index in [2.05, 4.69) is 10.3 Å². The second kappa shape index (κ2) is 10.1. The molecule has 6 nitrogen and oxygen atoms in total. The highest BCUT2D eigenvalue weighted by molar-refractivity contribution is 6.11. The molecule has 1 N–H and O–H groups in total. The van der Waals surface area contributed by atoms with Crippen molar-refractivity contribution in [1.82, 2.24) is 4.90 Å². The number of Topliss-reactive ketones (excluding diaryl/α,β-unsaturated/α-hetero) is 1. The zero-order chi connectivity index (χ0) is 24.0. The van der Waals surface area contributed by atoms with Crippen LogP contribution in [0, 0.1) is 0 Å². The zero-order valence-corrected chi connectivity index (χ0v) is 18.8. The summed E-state index contributed by atoms with van der Waals surface area (Å²) in [5.41, 5.74) is 2.48.